The van der Waals surface area contributed by atoms with Gasteiger partial charge in [0, 0.05) is 43.6 Å². The summed E-state index contributed by atoms with van der Waals surface area (Å²) < 4.78 is 16.5. The van der Waals surface area contributed by atoms with Gasteiger partial charge in [0.05, 0.1) is 20.3 Å². The molecule has 2 aliphatic heterocycles. The van der Waals surface area contributed by atoms with E-state index in [0.717, 1.165) is 73.0 Å². The molecule has 0 spiro atoms. The standard InChI is InChI=1S/C30H38N2O5/c1-5-6-15-35-16-17-36-28-10-7-23(8-11-28)24-9-12-29-26(18-24)19-25(30(33)34-4)13-14-32(29)21-27-20-31(3)37-22(27)2/h7-12,18-19H,5-6,13-17,20-21H2,1-4H3. The number of ether oxygens (including phenoxy) is 3. The van der Waals surface area contributed by atoms with E-state index in [-0.39, 0.29) is 5.97 Å². The van der Waals surface area contributed by atoms with E-state index < -0.39 is 0 Å². The van der Waals surface area contributed by atoms with Gasteiger partial charge in [-0.25, -0.2) is 4.79 Å². The fourth-order valence-corrected chi connectivity index (χ4v) is 4.64. The van der Waals surface area contributed by atoms with Crippen molar-refractivity contribution in [3.63, 3.8) is 0 Å². The number of benzene rings is 2. The zero-order valence-electron chi connectivity index (χ0n) is 22.4. The number of hydrogen-bond donors (Lipinski definition) is 0. The first-order valence-electron chi connectivity index (χ1n) is 13.0. The number of carbonyl (C=O) groups excluding carboxylic acids is 1. The van der Waals surface area contributed by atoms with Crippen LogP contribution in [0.15, 0.2) is 59.4 Å². The topological polar surface area (TPSA) is 60.5 Å². The van der Waals surface area contributed by atoms with Crippen molar-refractivity contribution in [2.75, 3.05) is 58.5 Å². The van der Waals surface area contributed by atoms with E-state index in [1.807, 2.05) is 37.2 Å². The number of unbranched alkanes of at least 4 members (excludes halogenated alkanes) is 1. The summed E-state index contributed by atoms with van der Waals surface area (Å²) in [6.45, 7) is 8.31. The normalized spacial score (nSPS) is 15.7. The Morgan fingerprint density at radius 2 is 1.84 bits per heavy atom. The maximum Gasteiger partial charge on any atom is 0.333 e. The number of hydrogen-bond acceptors (Lipinski definition) is 7. The van der Waals surface area contributed by atoms with Gasteiger partial charge in [0.25, 0.3) is 0 Å². The molecule has 0 atom stereocenters. The molecule has 0 saturated carbocycles. The summed E-state index contributed by atoms with van der Waals surface area (Å²) in [6.07, 6.45) is 4.80. The third-order valence-electron chi connectivity index (χ3n) is 6.71. The minimum absolute atomic E-state index is 0.280. The highest BCUT2D eigenvalue weighted by atomic mass is 16.7. The van der Waals surface area contributed by atoms with Crippen LogP contribution in [0.25, 0.3) is 17.2 Å². The van der Waals surface area contributed by atoms with Crippen molar-refractivity contribution < 1.29 is 23.8 Å². The summed E-state index contributed by atoms with van der Waals surface area (Å²) in [7, 11) is 3.37. The molecular weight excluding hydrogens is 468 g/mol. The lowest BCUT2D eigenvalue weighted by molar-refractivity contribution is -0.136. The molecule has 0 bridgehead atoms. The molecule has 0 radical (unpaired) electrons. The van der Waals surface area contributed by atoms with Crippen molar-refractivity contribution in [2.45, 2.75) is 33.1 Å². The number of carbonyl (C=O) groups is 1. The van der Waals surface area contributed by atoms with E-state index in [9.17, 15) is 4.79 Å². The number of anilines is 1. The number of hydroxylamine groups is 2. The Labute approximate surface area is 220 Å². The van der Waals surface area contributed by atoms with Crippen molar-refractivity contribution in [1.29, 1.82) is 0 Å². The van der Waals surface area contributed by atoms with Crippen LogP contribution in [0, 0.1) is 0 Å². The van der Waals surface area contributed by atoms with Crippen LogP contribution in [-0.4, -0.2) is 64.6 Å². The van der Waals surface area contributed by atoms with Crippen LogP contribution in [-0.2, 0) is 19.1 Å². The quantitative estimate of drug-likeness (QED) is 0.296. The van der Waals surface area contributed by atoms with Crippen LogP contribution in [0.3, 0.4) is 0 Å². The molecule has 0 unspecified atom stereocenters. The molecule has 0 aliphatic carbocycles. The maximum atomic E-state index is 12.5. The molecule has 7 heteroatoms. The van der Waals surface area contributed by atoms with Crippen LogP contribution in [0.5, 0.6) is 5.75 Å². The Morgan fingerprint density at radius 1 is 1.05 bits per heavy atom. The summed E-state index contributed by atoms with van der Waals surface area (Å²) in [5.41, 5.74) is 6.19. The van der Waals surface area contributed by atoms with Gasteiger partial charge in [0.2, 0.25) is 0 Å². The van der Waals surface area contributed by atoms with Crippen molar-refractivity contribution >= 4 is 17.7 Å². The zero-order chi connectivity index (χ0) is 26.2. The first-order valence-corrected chi connectivity index (χ1v) is 13.0. The molecule has 0 aromatic heterocycles. The molecule has 2 aromatic carbocycles. The second kappa shape index (κ2) is 12.8. The van der Waals surface area contributed by atoms with Gasteiger partial charge in [0.15, 0.2) is 0 Å². The van der Waals surface area contributed by atoms with Crippen LogP contribution in [0.2, 0.25) is 0 Å². The Morgan fingerprint density at radius 3 is 2.54 bits per heavy atom. The minimum Gasteiger partial charge on any atom is -0.491 e. The molecular formula is C30H38N2O5. The molecule has 4 rings (SSSR count). The SMILES string of the molecule is CCCCOCCOc1ccc(-c2ccc3c(c2)C=C(C(=O)OC)CCN3CC2=C(C)ON(C)C2)cc1. The molecule has 2 aromatic rings. The lowest BCUT2D eigenvalue weighted by Crippen LogP contribution is -2.29. The van der Waals surface area contributed by atoms with Gasteiger partial charge in [-0.05, 0) is 66.8 Å². The predicted octanol–water partition coefficient (Wildman–Crippen LogP) is 5.47. The second-order valence-corrected chi connectivity index (χ2v) is 9.48. The smallest absolute Gasteiger partial charge is 0.333 e. The van der Waals surface area contributed by atoms with Crippen LogP contribution < -0.4 is 9.64 Å². The lowest BCUT2D eigenvalue weighted by Gasteiger charge is -2.26. The van der Waals surface area contributed by atoms with E-state index in [0.29, 0.717) is 25.2 Å². The van der Waals surface area contributed by atoms with Crippen LogP contribution in [0.4, 0.5) is 5.69 Å². The fourth-order valence-electron chi connectivity index (χ4n) is 4.64. The molecule has 0 fully saturated rings. The summed E-state index contributed by atoms with van der Waals surface area (Å²) in [4.78, 5) is 20.5. The van der Waals surface area contributed by atoms with Gasteiger partial charge in [0.1, 0.15) is 18.1 Å². The van der Waals surface area contributed by atoms with Gasteiger partial charge < -0.3 is 23.9 Å². The second-order valence-electron chi connectivity index (χ2n) is 9.48. The molecule has 7 nitrogen and oxygen atoms in total. The first-order chi connectivity index (χ1) is 18.0. The molecule has 2 aliphatic rings. The van der Waals surface area contributed by atoms with E-state index in [4.69, 9.17) is 19.0 Å². The third kappa shape index (κ3) is 6.93. The summed E-state index contributed by atoms with van der Waals surface area (Å²) in [6, 6.07) is 14.5. The molecule has 0 saturated heterocycles. The number of fused-ring (bicyclic) bond motifs is 1. The highest BCUT2D eigenvalue weighted by molar-refractivity contribution is 5.96. The van der Waals surface area contributed by atoms with E-state index >= 15 is 0 Å². The Kier molecular flexibility index (Phi) is 9.25. The van der Waals surface area contributed by atoms with E-state index in [2.05, 4.69) is 42.2 Å². The molecule has 0 N–H and O–H groups in total. The molecule has 2 heterocycles. The fraction of sp³-hybridized carbons (Fsp3) is 0.433. The monoisotopic (exact) mass is 506 g/mol. The maximum absolute atomic E-state index is 12.5. The molecule has 37 heavy (non-hydrogen) atoms. The van der Waals surface area contributed by atoms with Crippen molar-refractivity contribution in [3.05, 3.63) is 64.9 Å². The highest BCUT2D eigenvalue weighted by Crippen LogP contribution is 2.34. The third-order valence-corrected chi connectivity index (χ3v) is 6.71. The van der Waals surface area contributed by atoms with Crippen LogP contribution in [0.1, 0.15) is 38.7 Å². The van der Waals surface area contributed by atoms with Gasteiger partial charge in [-0.3, -0.25) is 0 Å². The summed E-state index contributed by atoms with van der Waals surface area (Å²) >= 11 is 0. The summed E-state index contributed by atoms with van der Waals surface area (Å²) in [5, 5.41) is 1.84. The summed E-state index contributed by atoms with van der Waals surface area (Å²) in [5.74, 6) is 1.49. The zero-order valence-corrected chi connectivity index (χ0v) is 22.4. The number of allylic oxidation sites excluding steroid dienone is 1. The molecule has 0 amide bonds. The number of rotatable bonds is 11. The number of likely N-dealkylation sites (N-methyl/N-ethyl adjacent to an activating group) is 1. The highest BCUT2D eigenvalue weighted by Gasteiger charge is 2.24. The van der Waals surface area contributed by atoms with E-state index in [1.165, 1.54) is 12.7 Å². The minimum atomic E-state index is -0.280. The largest absolute Gasteiger partial charge is 0.491 e. The first kappa shape index (κ1) is 26.8. The average molecular weight is 507 g/mol. The molecule has 198 valence electrons. The lowest BCUT2D eigenvalue weighted by atomic mass is 10.00. The van der Waals surface area contributed by atoms with E-state index in [1.54, 1.807) is 0 Å². The van der Waals surface area contributed by atoms with Gasteiger partial charge >= 0.3 is 5.97 Å². The van der Waals surface area contributed by atoms with Gasteiger partial charge in [-0.2, -0.15) is 0 Å². The van der Waals surface area contributed by atoms with Crippen molar-refractivity contribution in [3.8, 4) is 16.9 Å². The van der Waals surface area contributed by atoms with Gasteiger partial charge in [-0.1, -0.05) is 31.5 Å². The van der Waals surface area contributed by atoms with Crippen molar-refractivity contribution in [1.82, 2.24) is 5.06 Å². The Balaban J connectivity index is 1.52. The average Bonchev–Trinajstić information content (AvgIpc) is 3.12. The number of esters is 1. The number of nitrogens with zero attached hydrogens (tertiary/aromatic N) is 2. The van der Waals surface area contributed by atoms with Crippen LogP contribution >= 0.6 is 0 Å². The predicted molar refractivity (Wildman–Crippen MR) is 146 cm³/mol. The Hall–Kier alpha value is -3.29. The van der Waals surface area contributed by atoms with Gasteiger partial charge in [-0.15, -0.1) is 5.06 Å². The van der Waals surface area contributed by atoms with Crippen molar-refractivity contribution in [2.24, 2.45) is 0 Å². The number of methoxy groups -OCH3 is 1. The Bertz CT molecular complexity index is 1140.